The van der Waals surface area contributed by atoms with Crippen LogP contribution in [0.25, 0.3) is 0 Å². The molecule has 1 heterocycles. The Kier molecular flexibility index (Phi) is 7.12. The molecule has 1 aliphatic heterocycles. The SMILES string of the molecule is CSc1ccc(C(=NOCc2ccccc2)C(C)N2CCOCC2)cc1. The van der Waals surface area contributed by atoms with E-state index in [-0.39, 0.29) is 6.04 Å². The van der Waals surface area contributed by atoms with Gasteiger partial charge >= 0.3 is 0 Å². The molecule has 5 heteroatoms. The van der Waals surface area contributed by atoms with Crippen molar-refractivity contribution in [1.82, 2.24) is 4.90 Å². The van der Waals surface area contributed by atoms with E-state index in [0.29, 0.717) is 6.61 Å². The normalized spacial score (nSPS) is 17.1. The van der Waals surface area contributed by atoms with Crippen LogP contribution in [0.15, 0.2) is 64.6 Å². The second kappa shape index (κ2) is 9.76. The monoisotopic (exact) mass is 370 g/mol. The molecule has 0 saturated carbocycles. The molecule has 0 bridgehead atoms. The molecule has 138 valence electrons. The van der Waals surface area contributed by atoms with Crippen LogP contribution in [0, 0.1) is 0 Å². The Hall–Kier alpha value is -1.82. The number of morpholine rings is 1. The zero-order valence-corrected chi connectivity index (χ0v) is 16.2. The first-order valence-corrected chi connectivity index (χ1v) is 10.2. The molecule has 0 amide bonds. The summed E-state index contributed by atoms with van der Waals surface area (Å²) in [5, 5.41) is 4.55. The zero-order valence-electron chi connectivity index (χ0n) is 15.4. The maximum absolute atomic E-state index is 5.73. The van der Waals surface area contributed by atoms with Crippen molar-refractivity contribution in [3.63, 3.8) is 0 Å². The number of hydrogen-bond acceptors (Lipinski definition) is 5. The van der Waals surface area contributed by atoms with Gasteiger partial charge in [-0.05, 0) is 30.9 Å². The second-order valence-electron chi connectivity index (χ2n) is 6.29. The van der Waals surface area contributed by atoms with E-state index in [9.17, 15) is 0 Å². The summed E-state index contributed by atoms with van der Waals surface area (Å²) in [6, 6.07) is 18.9. The first kappa shape index (κ1) is 19.0. The zero-order chi connectivity index (χ0) is 18.2. The largest absolute Gasteiger partial charge is 0.391 e. The van der Waals surface area contributed by atoms with E-state index in [0.717, 1.165) is 43.1 Å². The maximum atomic E-state index is 5.73. The predicted octanol–water partition coefficient (Wildman–Crippen LogP) is 4.05. The van der Waals surface area contributed by atoms with Crippen molar-refractivity contribution in [2.45, 2.75) is 24.5 Å². The van der Waals surface area contributed by atoms with Gasteiger partial charge in [0.25, 0.3) is 0 Å². The summed E-state index contributed by atoms with van der Waals surface area (Å²) in [5.74, 6) is 0. The summed E-state index contributed by atoms with van der Waals surface area (Å²) in [7, 11) is 0. The van der Waals surface area contributed by atoms with Crippen molar-refractivity contribution in [2.75, 3.05) is 32.6 Å². The highest BCUT2D eigenvalue weighted by atomic mass is 32.2. The third kappa shape index (κ3) is 5.10. The number of nitrogens with zero attached hydrogens (tertiary/aromatic N) is 2. The van der Waals surface area contributed by atoms with Crippen molar-refractivity contribution < 1.29 is 9.57 Å². The molecule has 1 unspecified atom stereocenters. The minimum Gasteiger partial charge on any atom is -0.391 e. The first-order valence-electron chi connectivity index (χ1n) is 8.98. The van der Waals surface area contributed by atoms with Gasteiger partial charge < -0.3 is 9.57 Å². The lowest BCUT2D eigenvalue weighted by molar-refractivity contribution is 0.0307. The van der Waals surface area contributed by atoms with Crippen LogP contribution in [-0.4, -0.2) is 49.2 Å². The van der Waals surface area contributed by atoms with Gasteiger partial charge in [0, 0.05) is 23.5 Å². The van der Waals surface area contributed by atoms with E-state index in [1.165, 1.54) is 4.90 Å². The lowest BCUT2D eigenvalue weighted by atomic mass is 10.0. The molecule has 0 radical (unpaired) electrons. The van der Waals surface area contributed by atoms with Crippen LogP contribution in [0.5, 0.6) is 0 Å². The van der Waals surface area contributed by atoms with Crippen molar-refractivity contribution in [1.29, 1.82) is 0 Å². The van der Waals surface area contributed by atoms with Crippen LogP contribution in [0.1, 0.15) is 18.1 Å². The smallest absolute Gasteiger partial charge is 0.142 e. The van der Waals surface area contributed by atoms with Gasteiger partial charge in [0.1, 0.15) is 12.3 Å². The number of benzene rings is 2. The Morgan fingerprint density at radius 1 is 1.12 bits per heavy atom. The van der Waals surface area contributed by atoms with Crippen LogP contribution in [0.3, 0.4) is 0 Å². The van der Waals surface area contributed by atoms with E-state index < -0.39 is 0 Å². The number of oxime groups is 1. The van der Waals surface area contributed by atoms with Gasteiger partial charge in [0.05, 0.1) is 19.3 Å². The molecule has 1 aliphatic rings. The fourth-order valence-electron chi connectivity index (χ4n) is 3.02. The summed E-state index contributed by atoms with van der Waals surface area (Å²) < 4.78 is 5.49. The Balaban J connectivity index is 1.78. The Morgan fingerprint density at radius 3 is 2.46 bits per heavy atom. The fourth-order valence-corrected chi connectivity index (χ4v) is 3.43. The second-order valence-corrected chi connectivity index (χ2v) is 7.17. The molecule has 1 fully saturated rings. The summed E-state index contributed by atoms with van der Waals surface area (Å²) in [6.45, 7) is 6.05. The van der Waals surface area contributed by atoms with Crippen LogP contribution in [-0.2, 0) is 16.2 Å². The van der Waals surface area contributed by atoms with E-state index in [4.69, 9.17) is 9.57 Å². The van der Waals surface area contributed by atoms with E-state index in [1.807, 2.05) is 30.3 Å². The molecule has 0 aliphatic carbocycles. The standard InChI is InChI=1S/C21H26N2O2S/c1-17(23-12-14-24-15-13-23)21(19-8-10-20(26-2)11-9-19)22-25-16-18-6-4-3-5-7-18/h3-11,17H,12-16H2,1-2H3. The topological polar surface area (TPSA) is 34.1 Å². The minimum atomic E-state index is 0.176. The molecule has 2 aromatic rings. The van der Waals surface area contributed by atoms with Gasteiger partial charge in [-0.15, -0.1) is 11.8 Å². The molecule has 26 heavy (non-hydrogen) atoms. The summed E-state index contributed by atoms with van der Waals surface area (Å²) in [5.41, 5.74) is 3.19. The Morgan fingerprint density at radius 2 is 1.81 bits per heavy atom. The lowest BCUT2D eigenvalue weighted by Gasteiger charge is -2.32. The average molecular weight is 371 g/mol. The average Bonchev–Trinajstić information content (AvgIpc) is 2.72. The molecular weight excluding hydrogens is 344 g/mol. The molecule has 1 atom stereocenters. The molecule has 0 spiro atoms. The first-order chi connectivity index (χ1) is 12.8. The third-order valence-electron chi connectivity index (χ3n) is 4.61. The van der Waals surface area contributed by atoms with Gasteiger partial charge in [-0.1, -0.05) is 47.6 Å². The van der Waals surface area contributed by atoms with E-state index in [2.05, 4.69) is 47.5 Å². The van der Waals surface area contributed by atoms with Crippen LogP contribution in [0.4, 0.5) is 0 Å². The number of rotatable bonds is 7. The molecular formula is C21H26N2O2S. The Labute approximate surface area is 160 Å². The van der Waals surface area contributed by atoms with Crippen molar-refractivity contribution in [3.8, 4) is 0 Å². The molecule has 2 aromatic carbocycles. The summed E-state index contributed by atoms with van der Waals surface area (Å²) >= 11 is 1.74. The van der Waals surface area contributed by atoms with E-state index in [1.54, 1.807) is 11.8 Å². The highest BCUT2D eigenvalue weighted by Gasteiger charge is 2.23. The van der Waals surface area contributed by atoms with Crippen LogP contribution >= 0.6 is 11.8 Å². The molecule has 4 nitrogen and oxygen atoms in total. The van der Waals surface area contributed by atoms with Gasteiger partial charge in [-0.3, -0.25) is 4.90 Å². The summed E-state index contributed by atoms with van der Waals surface area (Å²) in [6.07, 6.45) is 2.09. The Bertz CT molecular complexity index is 698. The number of ether oxygens (including phenoxy) is 1. The molecule has 0 aromatic heterocycles. The number of hydrogen-bond donors (Lipinski definition) is 0. The summed E-state index contributed by atoms with van der Waals surface area (Å²) in [4.78, 5) is 9.38. The predicted molar refractivity (Wildman–Crippen MR) is 108 cm³/mol. The molecule has 1 saturated heterocycles. The lowest BCUT2D eigenvalue weighted by Crippen LogP contribution is -2.46. The number of thioether (sulfide) groups is 1. The fraction of sp³-hybridized carbons (Fsp3) is 0.381. The van der Waals surface area contributed by atoms with Gasteiger partial charge in [-0.2, -0.15) is 0 Å². The van der Waals surface area contributed by atoms with Gasteiger partial charge in [0.15, 0.2) is 0 Å². The van der Waals surface area contributed by atoms with Crippen molar-refractivity contribution in [2.24, 2.45) is 5.16 Å². The molecule has 0 N–H and O–H groups in total. The molecule has 3 rings (SSSR count). The van der Waals surface area contributed by atoms with Crippen molar-refractivity contribution >= 4 is 17.5 Å². The minimum absolute atomic E-state index is 0.176. The van der Waals surface area contributed by atoms with Gasteiger partial charge in [-0.25, -0.2) is 0 Å². The van der Waals surface area contributed by atoms with E-state index >= 15 is 0 Å². The van der Waals surface area contributed by atoms with Gasteiger partial charge in [0.2, 0.25) is 0 Å². The van der Waals surface area contributed by atoms with Crippen LogP contribution in [0.2, 0.25) is 0 Å². The van der Waals surface area contributed by atoms with Crippen molar-refractivity contribution in [3.05, 3.63) is 65.7 Å². The maximum Gasteiger partial charge on any atom is 0.142 e. The van der Waals surface area contributed by atoms with Crippen LogP contribution < -0.4 is 0 Å². The quantitative estimate of drug-likeness (QED) is 0.418. The highest BCUT2D eigenvalue weighted by Crippen LogP contribution is 2.18. The third-order valence-corrected chi connectivity index (χ3v) is 5.36. The highest BCUT2D eigenvalue weighted by molar-refractivity contribution is 7.98.